The largest absolute Gasteiger partial charge is 0.449 e. The number of carbonyl (C=O) groups is 2. The molecular weight excluding hydrogens is 250 g/mol. The molecule has 1 N–H and O–H groups in total. The van der Waals surface area contributed by atoms with Crippen LogP contribution in [0.1, 0.15) is 19.4 Å². The highest BCUT2D eigenvalue weighted by Gasteiger charge is 2.18. The number of pyridine rings is 1. The Morgan fingerprint density at radius 2 is 2.05 bits per heavy atom. The lowest BCUT2D eigenvalue weighted by molar-refractivity contribution is 0.0711. The Labute approximate surface area is 111 Å². The van der Waals surface area contributed by atoms with E-state index in [0.717, 1.165) is 10.6 Å². The second-order valence-corrected chi connectivity index (χ2v) is 3.48. The van der Waals surface area contributed by atoms with E-state index in [1.807, 2.05) is 0 Å². The minimum atomic E-state index is -0.709. The molecule has 0 aromatic carbocycles. The molecule has 0 atom stereocenters. The lowest BCUT2D eigenvalue weighted by atomic mass is 10.3. The van der Waals surface area contributed by atoms with Crippen LogP contribution in [0.4, 0.5) is 9.59 Å². The summed E-state index contributed by atoms with van der Waals surface area (Å²) in [6, 6.07) is 3.52. The fourth-order valence-corrected chi connectivity index (χ4v) is 1.30. The Hall–Kier alpha value is -2.31. The predicted molar refractivity (Wildman–Crippen MR) is 67.0 cm³/mol. The molecule has 2 amide bonds. The number of carbonyl (C=O) groups excluding carboxylic acids is 2. The van der Waals surface area contributed by atoms with Gasteiger partial charge in [-0.3, -0.25) is 4.98 Å². The molecule has 0 aliphatic rings. The highest BCUT2D eigenvalue weighted by atomic mass is 16.6. The molecule has 0 aliphatic carbocycles. The van der Waals surface area contributed by atoms with Crippen molar-refractivity contribution in [1.29, 1.82) is 0 Å². The van der Waals surface area contributed by atoms with Gasteiger partial charge in [-0.15, -0.1) is 0 Å². The number of hydrogen-bond acceptors (Lipinski definition) is 5. The van der Waals surface area contributed by atoms with Crippen LogP contribution in [0.5, 0.6) is 0 Å². The lowest BCUT2D eigenvalue weighted by Gasteiger charge is -2.21. The molecule has 0 bridgehead atoms. The van der Waals surface area contributed by atoms with Gasteiger partial charge in [0.1, 0.15) is 0 Å². The predicted octanol–water partition coefficient (Wildman–Crippen LogP) is 1.70. The zero-order valence-corrected chi connectivity index (χ0v) is 11.0. The summed E-state index contributed by atoms with van der Waals surface area (Å²) in [6.07, 6.45) is 1.86. The molecule has 0 saturated heterocycles. The summed E-state index contributed by atoms with van der Waals surface area (Å²) in [6.45, 7) is 3.94. The molecule has 1 rings (SSSR count). The summed E-state index contributed by atoms with van der Waals surface area (Å²) in [5.74, 6) is 0. The van der Waals surface area contributed by atoms with E-state index in [4.69, 9.17) is 9.47 Å². The molecule has 7 heteroatoms. The third kappa shape index (κ3) is 5.24. The number of rotatable bonds is 4. The minimum Gasteiger partial charge on any atom is -0.449 e. The Morgan fingerprint density at radius 1 is 1.32 bits per heavy atom. The first-order valence-electron chi connectivity index (χ1n) is 5.94. The number of ether oxygens (including phenoxy) is 2. The van der Waals surface area contributed by atoms with Gasteiger partial charge < -0.3 is 9.47 Å². The molecule has 0 unspecified atom stereocenters. The van der Waals surface area contributed by atoms with Crippen LogP contribution in [0, 0.1) is 0 Å². The van der Waals surface area contributed by atoms with Crippen molar-refractivity contribution in [3.8, 4) is 0 Å². The van der Waals surface area contributed by atoms with Gasteiger partial charge in [0, 0.05) is 12.4 Å². The zero-order chi connectivity index (χ0) is 14.1. The van der Waals surface area contributed by atoms with Crippen molar-refractivity contribution in [3.05, 3.63) is 30.1 Å². The summed E-state index contributed by atoms with van der Waals surface area (Å²) >= 11 is 0. The number of nitrogens with one attached hydrogen (secondary N) is 1. The monoisotopic (exact) mass is 267 g/mol. The normalized spacial score (nSPS) is 9.58. The third-order valence-corrected chi connectivity index (χ3v) is 2.05. The van der Waals surface area contributed by atoms with Crippen LogP contribution in [-0.4, -0.2) is 35.4 Å². The average Bonchev–Trinajstić information content (AvgIpc) is 2.40. The summed E-state index contributed by atoms with van der Waals surface area (Å²) in [4.78, 5) is 27.0. The van der Waals surface area contributed by atoms with Gasteiger partial charge in [0.15, 0.2) is 0 Å². The van der Waals surface area contributed by atoms with Gasteiger partial charge in [0.2, 0.25) is 0 Å². The van der Waals surface area contributed by atoms with Crippen molar-refractivity contribution >= 4 is 12.2 Å². The second-order valence-electron chi connectivity index (χ2n) is 3.48. The van der Waals surface area contributed by atoms with Crippen LogP contribution in [0.3, 0.4) is 0 Å². The Morgan fingerprint density at radius 3 is 2.63 bits per heavy atom. The molecular formula is C12H17N3O4. The van der Waals surface area contributed by atoms with Crippen molar-refractivity contribution in [1.82, 2.24) is 15.4 Å². The maximum Gasteiger partial charge on any atom is 0.429 e. The molecule has 19 heavy (non-hydrogen) atoms. The maximum atomic E-state index is 11.7. The van der Waals surface area contributed by atoms with Gasteiger partial charge in [0.25, 0.3) is 0 Å². The third-order valence-electron chi connectivity index (χ3n) is 2.05. The van der Waals surface area contributed by atoms with Crippen molar-refractivity contribution in [2.45, 2.75) is 20.4 Å². The van der Waals surface area contributed by atoms with E-state index in [9.17, 15) is 9.59 Å². The number of nitrogens with zero attached hydrogens (tertiary/aromatic N) is 2. The van der Waals surface area contributed by atoms with Gasteiger partial charge >= 0.3 is 12.2 Å². The van der Waals surface area contributed by atoms with Crippen LogP contribution in [-0.2, 0) is 16.0 Å². The summed E-state index contributed by atoms with van der Waals surface area (Å²) in [5, 5.41) is 1.04. The van der Waals surface area contributed by atoms with E-state index in [0.29, 0.717) is 0 Å². The van der Waals surface area contributed by atoms with Crippen molar-refractivity contribution in [2.75, 3.05) is 13.2 Å². The first kappa shape index (κ1) is 14.7. The average molecular weight is 267 g/mol. The first-order chi connectivity index (χ1) is 9.17. The van der Waals surface area contributed by atoms with E-state index in [-0.39, 0.29) is 19.8 Å². The molecule has 1 aromatic heterocycles. The summed E-state index contributed by atoms with van der Waals surface area (Å²) < 4.78 is 9.57. The molecule has 0 saturated carbocycles. The number of hydrogen-bond donors (Lipinski definition) is 1. The second kappa shape index (κ2) is 7.91. The lowest BCUT2D eigenvalue weighted by Crippen LogP contribution is -2.46. The Kier molecular flexibility index (Phi) is 6.14. The highest BCUT2D eigenvalue weighted by Crippen LogP contribution is 2.03. The van der Waals surface area contributed by atoms with Crippen molar-refractivity contribution in [2.24, 2.45) is 0 Å². The zero-order valence-electron chi connectivity index (χ0n) is 11.0. The van der Waals surface area contributed by atoms with Crippen LogP contribution in [0.15, 0.2) is 24.5 Å². The van der Waals surface area contributed by atoms with E-state index < -0.39 is 12.2 Å². The number of amides is 2. The topological polar surface area (TPSA) is 80.8 Å². The van der Waals surface area contributed by atoms with E-state index in [1.54, 1.807) is 38.4 Å². The highest BCUT2D eigenvalue weighted by molar-refractivity contribution is 5.73. The quantitative estimate of drug-likeness (QED) is 0.840. The molecule has 104 valence electrons. The molecule has 7 nitrogen and oxygen atoms in total. The van der Waals surface area contributed by atoms with Crippen LogP contribution in [0.2, 0.25) is 0 Å². The number of aromatic nitrogens is 1. The molecule has 0 radical (unpaired) electrons. The Bertz CT molecular complexity index is 411. The minimum absolute atomic E-state index is 0.144. The molecule has 0 spiro atoms. The van der Waals surface area contributed by atoms with E-state index in [1.165, 1.54) is 0 Å². The van der Waals surface area contributed by atoms with Gasteiger partial charge in [-0.1, -0.05) is 6.07 Å². The molecule has 1 heterocycles. The smallest absolute Gasteiger partial charge is 0.429 e. The fourth-order valence-electron chi connectivity index (χ4n) is 1.30. The van der Waals surface area contributed by atoms with Crippen LogP contribution in [0.25, 0.3) is 0 Å². The van der Waals surface area contributed by atoms with Crippen LogP contribution >= 0.6 is 0 Å². The maximum absolute atomic E-state index is 11.7. The fraction of sp³-hybridized carbons (Fsp3) is 0.417. The van der Waals surface area contributed by atoms with Crippen molar-refractivity contribution < 1.29 is 19.1 Å². The molecule has 1 aromatic rings. The van der Waals surface area contributed by atoms with Crippen molar-refractivity contribution in [3.63, 3.8) is 0 Å². The van der Waals surface area contributed by atoms with Crippen LogP contribution < -0.4 is 5.43 Å². The first-order valence-corrected chi connectivity index (χ1v) is 5.94. The Balaban J connectivity index is 2.69. The van der Waals surface area contributed by atoms with Gasteiger partial charge in [-0.2, -0.15) is 0 Å². The molecule has 0 aliphatic heterocycles. The summed E-state index contributed by atoms with van der Waals surface area (Å²) in [7, 11) is 0. The summed E-state index contributed by atoms with van der Waals surface area (Å²) in [5.41, 5.74) is 3.08. The van der Waals surface area contributed by atoms with Gasteiger partial charge in [-0.25, -0.2) is 20.0 Å². The SMILES string of the molecule is CCOC(=O)NN(Cc1cccnc1)C(=O)OCC. The number of hydrazine groups is 1. The van der Waals surface area contributed by atoms with E-state index >= 15 is 0 Å². The standard InChI is InChI=1S/C12H17N3O4/c1-3-18-11(16)14-15(12(17)19-4-2)9-10-6-5-7-13-8-10/h5-8H,3-4,9H2,1-2H3,(H,14,16). The van der Waals surface area contributed by atoms with Gasteiger partial charge in [-0.05, 0) is 25.5 Å². The molecule has 0 fully saturated rings. The van der Waals surface area contributed by atoms with E-state index in [2.05, 4.69) is 10.4 Å². The van der Waals surface area contributed by atoms with Gasteiger partial charge in [0.05, 0.1) is 19.8 Å².